The average Bonchev–Trinajstić information content (AvgIpc) is 2.97. The van der Waals surface area contributed by atoms with Gasteiger partial charge in [0.2, 0.25) is 5.91 Å². The van der Waals surface area contributed by atoms with E-state index >= 15 is 0 Å². The standard InChI is InChI=1S/C26H39N3O3.C6H12/c1-19(2)24(30)16-28-26(32)22-11-6-10-21(14-22)23-12-7-13-29(18-23)25(31)17-27-15-20-8-4-3-5-9-20;1-2-4-6-5-3-1/h6,10-11,14,19-20,23,27H,3-5,7-9,12-13,15-18H2,1-2H3,(H,28,32);1-6H2. The first-order chi connectivity index (χ1) is 18.4. The number of carbonyl (C=O) groups excluding carboxylic acids is 3. The van der Waals surface area contributed by atoms with Crippen molar-refractivity contribution in [2.45, 2.75) is 103 Å². The van der Waals surface area contributed by atoms with Crippen LogP contribution in [-0.2, 0) is 9.59 Å². The van der Waals surface area contributed by atoms with Crippen molar-refractivity contribution in [1.82, 2.24) is 15.5 Å². The third kappa shape index (κ3) is 10.5. The third-order valence-corrected chi connectivity index (χ3v) is 8.40. The minimum Gasteiger partial charge on any atom is -0.345 e. The Bertz CT molecular complexity index is 863. The first kappa shape index (κ1) is 30.3. The summed E-state index contributed by atoms with van der Waals surface area (Å²) in [4.78, 5) is 39.0. The van der Waals surface area contributed by atoms with Crippen LogP contribution in [0.15, 0.2) is 24.3 Å². The van der Waals surface area contributed by atoms with Crippen molar-refractivity contribution in [1.29, 1.82) is 0 Å². The number of Topliss-reactive ketones (excluding diaryl/α,β-unsaturated/α-hetero) is 1. The van der Waals surface area contributed by atoms with Crippen LogP contribution in [0.4, 0.5) is 0 Å². The molecule has 6 nitrogen and oxygen atoms in total. The molecule has 38 heavy (non-hydrogen) atoms. The van der Waals surface area contributed by atoms with Crippen LogP contribution in [0.25, 0.3) is 0 Å². The molecular weight excluding hydrogens is 474 g/mol. The Morgan fingerprint density at radius 2 is 1.53 bits per heavy atom. The predicted molar refractivity (Wildman–Crippen MR) is 154 cm³/mol. The van der Waals surface area contributed by atoms with Gasteiger partial charge in [0.05, 0.1) is 13.1 Å². The van der Waals surface area contributed by atoms with Gasteiger partial charge in [-0.1, -0.05) is 83.8 Å². The van der Waals surface area contributed by atoms with Crippen LogP contribution in [0.3, 0.4) is 0 Å². The second-order valence-corrected chi connectivity index (χ2v) is 11.9. The van der Waals surface area contributed by atoms with Crippen molar-refractivity contribution < 1.29 is 14.4 Å². The quantitative estimate of drug-likeness (QED) is 0.423. The summed E-state index contributed by atoms with van der Waals surface area (Å²) in [6.07, 6.45) is 17.5. The lowest BCUT2D eigenvalue weighted by molar-refractivity contribution is -0.131. The number of hydrogen-bond donors (Lipinski definition) is 2. The summed E-state index contributed by atoms with van der Waals surface area (Å²) >= 11 is 0. The Hall–Kier alpha value is -2.21. The zero-order valence-corrected chi connectivity index (χ0v) is 23.9. The lowest BCUT2D eigenvalue weighted by atomic mass is 9.89. The number of nitrogens with zero attached hydrogens (tertiary/aromatic N) is 1. The molecule has 0 bridgehead atoms. The number of hydrogen-bond acceptors (Lipinski definition) is 4. The highest BCUT2D eigenvalue weighted by atomic mass is 16.2. The predicted octanol–water partition coefficient (Wildman–Crippen LogP) is 5.86. The smallest absolute Gasteiger partial charge is 0.251 e. The maximum absolute atomic E-state index is 12.8. The van der Waals surface area contributed by atoms with E-state index in [2.05, 4.69) is 10.6 Å². The molecule has 1 heterocycles. The van der Waals surface area contributed by atoms with Gasteiger partial charge < -0.3 is 15.5 Å². The molecule has 1 saturated heterocycles. The Kier molecular flexibility index (Phi) is 13.3. The second-order valence-electron chi connectivity index (χ2n) is 11.9. The third-order valence-electron chi connectivity index (χ3n) is 8.40. The van der Waals surface area contributed by atoms with E-state index in [1.54, 1.807) is 6.07 Å². The minimum atomic E-state index is -0.225. The molecule has 3 aliphatic rings. The molecule has 0 spiro atoms. The number of piperidine rings is 1. The van der Waals surface area contributed by atoms with Gasteiger partial charge in [-0.3, -0.25) is 14.4 Å². The molecule has 1 aromatic carbocycles. The summed E-state index contributed by atoms with van der Waals surface area (Å²) in [6, 6.07) is 7.62. The van der Waals surface area contributed by atoms with Gasteiger partial charge in [-0.15, -0.1) is 0 Å². The molecule has 2 saturated carbocycles. The van der Waals surface area contributed by atoms with Gasteiger partial charge >= 0.3 is 0 Å². The van der Waals surface area contributed by atoms with E-state index in [9.17, 15) is 14.4 Å². The topological polar surface area (TPSA) is 78.5 Å². The largest absolute Gasteiger partial charge is 0.345 e. The van der Waals surface area contributed by atoms with E-state index in [4.69, 9.17) is 0 Å². The highest BCUT2D eigenvalue weighted by Gasteiger charge is 2.25. The molecule has 1 atom stereocenters. The number of nitrogens with one attached hydrogen (secondary N) is 2. The van der Waals surface area contributed by atoms with Gasteiger partial charge in [0.1, 0.15) is 0 Å². The number of amides is 2. The summed E-state index contributed by atoms with van der Waals surface area (Å²) in [7, 11) is 0. The molecule has 1 unspecified atom stereocenters. The molecule has 6 heteroatoms. The van der Waals surface area contributed by atoms with Crippen molar-refractivity contribution in [2.24, 2.45) is 11.8 Å². The zero-order valence-electron chi connectivity index (χ0n) is 23.9. The van der Waals surface area contributed by atoms with Gasteiger partial charge in [0.25, 0.3) is 5.91 Å². The fourth-order valence-electron chi connectivity index (χ4n) is 5.83. The van der Waals surface area contributed by atoms with E-state index in [0.29, 0.717) is 18.7 Å². The molecule has 0 aromatic heterocycles. The summed E-state index contributed by atoms with van der Waals surface area (Å²) in [5.41, 5.74) is 1.65. The lowest BCUT2D eigenvalue weighted by Gasteiger charge is -2.33. The van der Waals surface area contributed by atoms with Crippen LogP contribution < -0.4 is 10.6 Å². The fraction of sp³-hybridized carbons (Fsp3) is 0.719. The number of likely N-dealkylation sites (tertiary alicyclic amines) is 1. The van der Waals surface area contributed by atoms with Gasteiger partial charge in [0, 0.05) is 30.5 Å². The van der Waals surface area contributed by atoms with Gasteiger partial charge in [-0.25, -0.2) is 0 Å². The van der Waals surface area contributed by atoms with E-state index in [0.717, 1.165) is 37.4 Å². The van der Waals surface area contributed by atoms with E-state index in [1.807, 2.05) is 36.9 Å². The molecule has 0 radical (unpaired) electrons. The molecule has 1 aliphatic heterocycles. The van der Waals surface area contributed by atoms with Crippen LogP contribution in [0.2, 0.25) is 0 Å². The molecule has 212 valence electrons. The molecule has 2 amide bonds. The van der Waals surface area contributed by atoms with E-state index < -0.39 is 0 Å². The molecule has 2 aliphatic carbocycles. The average molecular weight is 526 g/mol. The highest BCUT2D eigenvalue weighted by Crippen LogP contribution is 2.28. The Morgan fingerprint density at radius 3 is 2.18 bits per heavy atom. The Labute approximate surface area is 230 Å². The van der Waals surface area contributed by atoms with Crippen molar-refractivity contribution in [3.63, 3.8) is 0 Å². The van der Waals surface area contributed by atoms with E-state index in [-0.39, 0.29) is 36.0 Å². The first-order valence-corrected chi connectivity index (χ1v) is 15.3. The number of rotatable bonds is 9. The van der Waals surface area contributed by atoms with Crippen LogP contribution in [-0.4, -0.2) is 55.2 Å². The molecule has 2 N–H and O–H groups in total. The van der Waals surface area contributed by atoms with Crippen LogP contribution in [0.5, 0.6) is 0 Å². The van der Waals surface area contributed by atoms with Crippen LogP contribution in [0.1, 0.15) is 119 Å². The van der Waals surface area contributed by atoms with Crippen LogP contribution >= 0.6 is 0 Å². The minimum absolute atomic E-state index is 0.0213. The number of carbonyl (C=O) groups is 3. The summed E-state index contributed by atoms with van der Waals surface area (Å²) < 4.78 is 0. The summed E-state index contributed by atoms with van der Waals surface area (Å²) in [5, 5.41) is 6.12. The molecular formula is C32H51N3O3. The lowest BCUT2D eigenvalue weighted by Crippen LogP contribution is -2.44. The monoisotopic (exact) mass is 525 g/mol. The van der Waals surface area contributed by atoms with Crippen molar-refractivity contribution >= 4 is 17.6 Å². The molecule has 3 fully saturated rings. The van der Waals surface area contributed by atoms with E-state index in [1.165, 1.54) is 70.6 Å². The maximum Gasteiger partial charge on any atom is 0.251 e. The van der Waals surface area contributed by atoms with Gasteiger partial charge in [-0.05, 0) is 55.8 Å². The Morgan fingerprint density at radius 1 is 0.868 bits per heavy atom. The second kappa shape index (κ2) is 16.7. The van der Waals surface area contributed by atoms with Gasteiger partial charge in [-0.2, -0.15) is 0 Å². The van der Waals surface area contributed by atoms with Crippen molar-refractivity contribution in [3.05, 3.63) is 35.4 Å². The SMILES string of the molecule is C1CCCCC1.CC(C)C(=O)CNC(=O)c1cccc(C2CCCN(C(=O)CNCC3CCCCC3)C2)c1. The van der Waals surface area contributed by atoms with Crippen molar-refractivity contribution in [2.75, 3.05) is 32.7 Å². The first-order valence-electron chi connectivity index (χ1n) is 15.3. The maximum atomic E-state index is 12.8. The Balaban J connectivity index is 0.000000585. The van der Waals surface area contributed by atoms with Gasteiger partial charge in [0.15, 0.2) is 5.78 Å². The normalized spacial score (nSPS) is 20.4. The molecule has 4 rings (SSSR count). The van der Waals surface area contributed by atoms with Crippen molar-refractivity contribution in [3.8, 4) is 0 Å². The molecule has 1 aromatic rings. The number of ketones is 1. The number of benzene rings is 1. The highest BCUT2D eigenvalue weighted by molar-refractivity contribution is 5.97. The van der Waals surface area contributed by atoms with Crippen LogP contribution in [0, 0.1) is 11.8 Å². The fourth-order valence-corrected chi connectivity index (χ4v) is 5.83. The summed E-state index contributed by atoms with van der Waals surface area (Å²) in [6.45, 7) is 6.57. The summed E-state index contributed by atoms with van der Waals surface area (Å²) in [5.74, 6) is 0.826. The zero-order chi connectivity index (χ0) is 27.2.